The first-order chi connectivity index (χ1) is 8.14. The van der Waals surface area contributed by atoms with Crippen molar-refractivity contribution in [3.63, 3.8) is 0 Å². The highest BCUT2D eigenvalue weighted by Gasteiger charge is 2.35. The van der Waals surface area contributed by atoms with Gasteiger partial charge < -0.3 is 4.74 Å². The van der Waals surface area contributed by atoms with Gasteiger partial charge in [-0.2, -0.15) is 0 Å². The van der Waals surface area contributed by atoms with Crippen LogP contribution in [-0.2, 0) is 5.41 Å². The van der Waals surface area contributed by atoms with Gasteiger partial charge in [0.1, 0.15) is 5.75 Å². The molecule has 0 spiro atoms. The van der Waals surface area contributed by atoms with Crippen LogP contribution in [0.15, 0.2) is 42.5 Å². The number of methoxy groups -OCH3 is 1. The zero-order chi connectivity index (χ0) is 12.0. The molecule has 0 N–H and O–H groups in total. The van der Waals surface area contributed by atoms with Gasteiger partial charge in [-0.3, -0.25) is 0 Å². The van der Waals surface area contributed by atoms with E-state index in [2.05, 4.69) is 50.2 Å². The molecule has 0 heterocycles. The first-order valence-electron chi connectivity index (χ1n) is 5.93. The van der Waals surface area contributed by atoms with Crippen molar-refractivity contribution in [1.29, 1.82) is 0 Å². The van der Waals surface area contributed by atoms with Crippen LogP contribution in [-0.4, -0.2) is 7.11 Å². The topological polar surface area (TPSA) is 9.23 Å². The van der Waals surface area contributed by atoms with Gasteiger partial charge in [-0.05, 0) is 34.4 Å². The minimum Gasteiger partial charge on any atom is -0.497 e. The Labute approximate surface area is 102 Å². The Kier molecular flexibility index (Phi) is 2.06. The van der Waals surface area contributed by atoms with Gasteiger partial charge in [0, 0.05) is 5.41 Å². The SMILES string of the molecule is COc1ccc2c(c1)C(C)(C)c1ccccc1-2. The Morgan fingerprint density at radius 2 is 1.59 bits per heavy atom. The maximum absolute atomic E-state index is 5.33. The van der Waals surface area contributed by atoms with Crippen LogP contribution in [0.5, 0.6) is 5.75 Å². The lowest BCUT2D eigenvalue weighted by Crippen LogP contribution is -2.14. The number of benzene rings is 2. The number of rotatable bonds is 1. The monoisotopic (exact) mass is 224 g/mol. The quantitative estimate of drug-likeness (QED) is 0.711. The van der Waals surface area contributed by atoms with Crippen molar-refractivity contribution in [3.8, 4) is 16.9 Å². The van der Waals surface area contributed by atoms with Gasteiger partial charge in [0.2, 0.25) is 0 Å². The van der Waals surface area contributed by atoms with Gasteiger partial charge in [-0.15, -0.1) is 0 Å². The van der Waals surface area contributed by atoms with Crippen LogP contribution >= 0.6 is 0 Å². The van der Waals surface area contributed by atoms with E-state index >= 15 is 0 Å². The molecule has 1 nitrogen and oxygen atoms in total. The van der Waals surface area contributed by atoms with Gasteiger partial charge in [0.15, 0.2) is 0 Å². The van der Waals surface area contributed by atoms with E-state index in [0.29, 0.717) is 0 Å². The smallest absolute Gasteiger partial charge is 0.119 e. The minimum absolute atomic E-state index is 0.0699. The Morgan fingerprint density at radius 3 is 2.35 bits per heavy atom. The maximum atomic E-state index is 5.33. The fraction of sp³-hybridized carbons (Fsp3) is 0.250. The molecule has 0 aliphatic heterocycles. The zero-order valence-corrected chi connectivity index (χ0v) is 10.4. The molecule has 3 rings (SSSR count). The molecule has 0 radical (unpaired) electrons. The van der Waals surface area contributed by atoms with Crippen molar-refractivity contribution in [1.82, 2.24) is 0 Å². The van der Waals surface area contributed by atoms with Crippen molar-refractivity contribution in [2.75, 3.05) is 7.11 Å². The van der Waals surface area contributed by atoms with Crippen molar-refractivity contribution >= 4 is 0 Å². The molecule has 0 atom stereocenters. The third-order valence-electron chi connectivity index (χ3n) is 3.79. The lowest BCUT2D eigenvalue weighted by Gasteiger charge is -2.21. The van der Waals surface area contributed by atoms with Gasteiger partial charge >= 0.3 is 0 Å². The highest BCUT2D eigenvalue weighted by Crippen LogP contribution is 2.49. The summed E-state index contributed by atoms with van der Waals surface area (Å²) in [5, 5.41) is 0. The summed E-state index contributed by atoms with van der Waals surface area (Å²) in [5.41, 5.74) is 5.53. The largest absolute Gasteiger partial charge is 0.497 e. The average Bonchev–Trinajstić information content (AvgIpc) is 2.59. The Balaban J connectivity index is 2.32. The molecule has 0 bridgehead atoms. The second kappa shape index (κ2) is 3.36. The first-order valence-corrected chi connectivity index (χ1v) is 5.93. The fourth-order valence-corrected chi connectivity index (χ4v) is 2.81. The molecule has 1 aliphatic carbocycles. The summed E-state index contributed by atoms with van der Waals surface area (Å²) in [4.78, 5) is 0. The number of ether oxygens (including phenoxy) is 1. The standard InChI is InChI=1S/C16H16O/c1-16(2)14-7-5-4-6-12(14)13-9-8-11(17-3)10-15(13)16/h4-10H,1-3H3. The predicted molar refractivity (Wildman–Crippen MR) is 70.6 cm³/mol. The molecule has 17 heavy (non-hydrogen) atoms. The van der Waals surface area contributed by atoms with E-state index in [0.717, 1.165) is 5.75 Å². The molecule has 0 saturated carbocycles. The molecule has 1 aliphatic rings. The number of hydrogen-bond acceptors (Lipinski definition) is 1. The molecule has 2 aromatic rings. The molecule has 2 aromatic carbocycles. The molecule has 1 heteroatoms. The van der Waals surface area contributed by atoms with Gasteiger partial charge in [0.25, 0.3) is 0 Å². The second-order valence-corrected chi connectivity index (χ2v) is 5.08. The minimum atomic E-state index is 0.0699. The molecular weight excluding hydrogens is 208 g/mol. The summed E-state index contributed by atoms with van der Waals surface area (Å²) in [6.07, 6.45) is 0. The molecule has 0 saturated heterocycles. The molecule has 0 fully saturated rings. The van der Waals surface area contributed by atoms with Gasteiger partial charge in [0.05, 0.1) is 7.11 Å². The normalized spacial score (nSPS) is 15.2. The number of hydrogen-bond donors (Lipinski definition) is 0. The summed E-state index contributed by atoms with van der Waals surface area (Å²) in [7, 11) is 1.72. The van der Waals surface area contributed by atoms with Crippen LogP contribution in [0.25, 0.3) is 11.1 Å². The molecular formula is C16H16O. The van der Waals surface area contributed by atoms with Crippen LogP contribution in [0.2, 0.25) is 0 Å². The van der Waals surface area contributed by atoms with E-state index in [9.17, 15) is 0 Å². The van der Waals surface area contributed by atoms with E-state index in [4.69, 9.17) is 4.74 Å². The van der Waals surface area contributed by atoms with Crippen LogP contribution in [0.1, 0.15) is 25.0 Å². The third-order valence-corrected chi connectivity index (χ3v) is 3.79. The lowest BCUT2D eigenvalue weighted by molar-refractivity contribution is 0.413. The van der Waals surface area contributed by atoms with E-state index in [1.807, 2.05) is 6.07 Å². The Hall–Kier alpha value is -1.76. The first kappa shape index (κ1) is 10.4. The van der Waals surface area contributed by atoms with Crippen LogP contribution in [0.3, 0.4) is 0 Å². The Morgan fingerprint density at radius 1 is 0.882 bits per heavy atom. The van der Waals surface area contributed by atoms with Gasteiger partial charge in [-0.1, -0.05) is 44.2 Å². The van der Waals surface area contributed by atoms with Crippen LogP contribution in [0, 0.1) is 0 Å². The van der Waals surface area contributed by atoms with Crippen LogP contribution < -0.4 is 4.74 Å². The summed E-state index contributed by atoms with van der Waals surface area (Å²) in [5.74, 6) is 0.935. The highest BCUT2D eigenvalue weighted by molar-refractivity contribution is 5.81. The zero-order valence-electron chi connectivity index (χ0n) is 10.4. The molecule has 86 valence electrons. The Bertz CT molecular complexity index is 582. The number of fused-ring (bicyclic) bond motifs is 3. The van der Waals surface area contributed by atoms with Crippen molar-refractivity contribution in [2.45, 2.75) is 19.3 Å². The van der Waals surface area contributed by atoms with Crippen LogP contribution in [0.4, 0.5) is 0 Å². The molecule has 0 amide bonds. The second-order valence-electron chi connectivity index (χ2n) is 5.08. The summed E-state index contributed by atoms with van der Waals surface area (Å²) in [6, 6.07) is 15.0. The van der Waals surface area contributed by atoms with E-state index in [1.165, 1.54) is 22.3 Å². The van der Waals surface area contributed by atoms with Crippen molar-refractivity contribution in [2.24, 2.45) is 0 Å². The van der Waals surface area contributed by atoms with Crippen molar-refractivity contribution < 1.29 is 4.74 Å². The highest BCUT2D eigenvalue weighted by atomic mass is 16.5. The maximum Gasteiger partial charge on any atom is 0.119 e. The van der Waals surface area contributed by atoms with E-state index in [-0.39, 0.29) is 5.41 Å². The van der Waals surface area contributed by atoms with Gasteiger partial charge in [-0.25, -0.2) is 0 Å². The predicted octanol–water partition coefficient (Wildman–Crippen LogP) is 4.00. The summed E-state index contributed by atoms with van der Waals surface area (Å²) in [6.45, 7) is 4.55. The molecule has 0 unspecified atom stereocenters. The average molecular weight is 224 g/mol. The summed E-state index contributed by atoms with van der Waals surface area (Å²) < 4.78 is 5.33. The van der Waals surface area contributed by atoms with E-state index in [1.54, 1.807) is 7.11 Å². The fourth-order valence-electron chi connectivity index (χ4n) is 2.81. The van der Waals surface area contributed by atoms with E-state index < -0.39 is 0 Å². The third kappa shape index (κ3) is 1.32. The summed E-state index contributed by atoms with van der Waals surface area (Å²) >= 11 is 0. The molecule has 0 aromatic heterocycles. The van der Waals surface area contributed by atoms with Crippen molar-refractivity contribution in [3.05, 3.63) is 53.6 Å². The lowest BCUT2D eigenvalue weighted by atomic mass is 9.82.